The van der Waals surface area contributed by atoms with Gasteiger partial charge >= 0.3 is 0 Å². The van der Waals surface area contributed by atoms with Gasteiger partial charge in [-0.25, -0.2) is 0 Å². The lowest BCUT2D eigenvalue weighted by Crippen LogP contribution is -2.27. The van der Waals surface area contributed by atoms with Gasteiger partial charge in [0.05, 0.1) is 0 Å². The molecule has 1 amide bonds. The van der Waals surface area contributed by atoms with Gasteiger partial charge in [-0.1, -0.05) is 18.2 Å². The van der Waals surface area contributed by atoms with Crippen LogP contribution in [0, 0.1) is 13.8 Å². The van der Waals surface area contributed by atoms with Crippen LogP contribution in [-0.4, -0.2) is 11.0 Å². The van der Waals surface area contributed by atoms with E-state index in [1.54, 1.807) is 26.0 Å². The van der Waals surface area contributed by atoms with Gasteiger partial charge in [-0.05, 0) is 54.8 Å². The predicted molar refractivity (Wildman–Crippen MR) is 79.6 cm³/mol. The third-order valence-corrected chi connectivity index (χ3v) is 3.22. The van der Waals surface area contributed by atoms with Crippen LogP contribution in [0.15, 0.2) is 42.5 Å². The highest BCUT2D eigenvalue weighted by Gasteiger charge is 2.19. The quantitative estimate of drug-likeness (QED) is 0.799. The number of phenols is 1. The van der Waals surface area contributed by atoms with Gasteiger partial charge in [-0.15, -0.1) is 0 Å². The molecule has 104 valence electrons. The third-order valence-electron chi connectivity index (χ3n) is 3.22. The molecule has 0 aliphatic heterocycles. The minimum Gasteiger partial charge on any atom is -0.507 e. The molecule has 1 unspecified atom stereocenters. The van der Waals surface area contributed by atoms with Crippen molar-refractivity contribution in [1.29, 1.82) is 0 Å². The number of hydrogen-bond acceptors (Lipinski definition) is 3. The Kier molecular flexibility index (Phi) is 3.94. The number of anilines is 1. The maximum atomic E-state index is 11.7. The Morgan fingerprint density at radius 2 is 1.70 bits per heavy atom. The predicted octanol–water partition coefficient (Wildman–Crippen LogP) is 2.65. The van der Waals surface area contributed by atoms with E-state index < -0.39 is 11.9 Å². The molecule has 0 aliphatic carbocycles. The molecule has 0 spiro atoms. The van der Waals surface area contributed by atoms with Crippen LogP contribution in [0.3, 0.4) is 0 Å². The van der Waals surface area contributed by atoms with Crippen molar-refractivity contribution in [1.82, 2.24) is 0 Å². The normalized spacial score (nSPS) is 11.9. The van der Waals surface area contributed by atoms with Crippen molar-refractivity contribution in [2.75, 3.05) is 5.32 Å². The highest BCUT2D eigenvalue weighted by molar-refractivity contribution is 5.84. The van der Waals surface area contributed by atoms with E-state index >= 15 is 0 Å². The molecule has 0 fully saturated rings. The van der Waals surface area contributed by atoms with Gasteiger partial charge in [0.25, 0.3) is 0 Å². The minimum absolute atomic E-state index is 0.247. The number of nitrogens with one attached hydrogen (secondary N) is 1. The number of carbonyl (C=O) groups excluding carboxylic acids is 1. The average molecular weight is 270 g/mol. The van der Waals surface area contributed by atoms with Crippen molar-refractivity contribution in [2.45, 2.75) is 19.9 Å². The maximum Gasteiger partial charge on any atom is 0.244 e. The lowest BCUT2D eigenvalue weighted by Gasteiger charge is -2.19. The number of phenolic OH excluding ortho intramolecular Hbond substituents is 1. The molecule has 0 aliphatic rings. The van der Waals surface area contributed by atoms with E-state index in [4.69, 9.17) is 5.73 Å². The molecule has 2 aromatic carbocycles. The fourth-order valence-corrected chi connectivity index (χ4v) is 2.18. The molecular weight excluding hydrogens is 252 g/mol. The van der Waals surface area contributed by atoms with Gasteiger partial charge in [0, 0.05) is 5.69 Å². The first-order chi connectivity index (χ1) is 9.49. The first-order valence-corrected chi connectivity index (χ1v) is 6.40. The van der Waals surface area contributed by atoms with Crippen LogP contribution in [0.5, 0.6) is 5.75 Å². The Morgan fingerprint density at radius 3 is 2.20 bits per heavy atom. The summed E-state index contributed by atoms with van der Waals surface area (Å²) >= 11 is 0. The fraction of sp³-hybridized carbons (Fsp3) is 0.188. The molecule has 2 aromatic rings. The molecule has 4 nitrogen and oxygen atoms in total. The Labute approximate surface area is 118 Å². The second kappa shape index (κ2) is 5.65. The molecule has 0 heterocycles. The van der Waals surface area contributed by atoms with Gasteiger partial charge in [-0.3, -0.25) is 4.79 Å². The molecule has 0 bridgehead atoms. The zero-order valence-electron chi connectivity index (χ0n) is 11.6. The van der Waals surface area contributed by atoms with Crippen molar-refractivity contribution in [3.8, 4) is 5.75 Å². The molecule has 20 heavy (non-hydrogen) atoms. The highest BCUT2D eigenvalue weighted by atomic mass is 16.3. The van der Waals surface area contributed by atoms with Crippen LogP contribution >= 0.6 is 0 Å². The van der Waals surface area contributed by atoms with Gasteiger partial charge < -0.3 is 16.2 Å². The van der Waals surface area contributed by atoms with Gasteiger partial charge in [0.15, 0.2) is 0 Å². The van der Waals surface area contributed by atoms with E-state index in [0.717, 1.165) is 22.4 Å². The lowest BCUT2D eigenvalue weighted by molar-refractivity contribution is -0.118. The van der Waals surface area contributed by atoms with E-state index in [0.29, 0.717) is 0 Å². The summed E-state index contributed by atoms with van der Waals surface area (Å²) in [7, 11) is 0. The summed E-state index contributed by atoms with van der Waals surface area (Å²) in [6.07, 6.45) is 0. The fourth-order valence-electron chi connectivity index (χ4n) is 2.18. The highest BCUT2D eigenvalue weighted by Crippen LogP contribution is 2.27. The largest absolute Gasteiger partial charge is 0.507 e. The first kappa shape index (κ1) is 13.9. The number of primary amides is 1. The summed E-state index contributed by atoms with van der Waals surface area (Å²) in [5, 5.41) is 12.9. The Bertz CT molecular complexity index is 601. The summed E-state index contributed by atoms with van der Waals surface area (Å²) in [4.78, 5) is 11.7. The van der Waals surface area contributed by atoms with Crippen LogP contribution in [0.2, 0.25) is 0 Å². The van der Waals surface area contributed by atoms with Crippen molar-refractivity contribution < 1.29 is 9.90 Å². The van der Waals surface area contributed by atoms with Gasteiger partial charge in [0.2, 0.25) is 5.91 Å². The molecule has 0 saturated heterocycles. The number of carbonyl (C=O) groups is 1. The van der Waals surface area contributed by atoms with Crippen LogP contribution in [0.25, 0.3) is 0 Å². The number of para-hydroxylation sites is 1. The lowest BCUT2D eigenvalue weighted by atomic mass is 9.99. The third kappa shape index (κ3) is 2.91. The average Bonchev–Trinajstić information content (AvgIpc) is 2.42. The zero-order chi connectivity index (χ0) is 14.7. The molecule has 0 radical (unpaired) electrons. The van der Waals surface area contributed by atoms with Gasteiger partial charge in [0.1, 0.15) is 11.8 Å². The van der Waals surface area contributed by atoms with E-state index in [9.17, 15) is 9.90 Å². The zero-order valence-corrected chi connectivity index (χ0v) is 11.6. The maximum absolute atomic E-state index is 11.7. The summed E-state index contributed by atoms with van der Waals surface area (Å²) < 4.78 is 0. The van der Waals surface area contributed by atoms with E-state index in [1.807, 2.05) is 30.3 Å². The van der Waals surface area contributed by atoms with Gasteiger partial charge in [-0.2, -0.15) is 0 Å². The molecule has 4 N–H and O–H groups in total. The first-order valence-electron chi connectivity index (χ1n) is 6.40. The van der Waals surface area contributed by atoms with Crippen LogP contribution < -0.4 is 11.1 Å². The van der Waals surface area contributed by atoms with Crippen molar-refractivity contribution >= 4 is 11.6 Å². The van der Waals surface area contributed by atoms with E-state index in [-0.39, 0.29) is 5.75 Å². The topological polar surface area (TPSA) is 75.3 Å². The molecule has 1 atom stereocenters. The van der Waals surface area contributed by atoms with Crippen LogP contribution in [-0.2, 0) is 4.79 Å². The smallest absolute Gasteiger partial charge is 0.244 e. The van der Waals surface area contributed by atoms with Crippen LogP contribution in [0.4, 0.5) is 5.69 Å². The number of hydrogen-bond donors (Lipinski definition) is 3. The van der Waals surface area contributed by atoms with E-state index in [1.165, 1.54) is 0 Å². The number of aromatic hydroxyl groups is 1. The molecule has 0 saturated carbocycles. The molecule has 4 heteroatoms. The SMILES string of the molecule is Cc1cc(C(Nc2ccccc2)C(N)=O)cc(C)c1O. The van der Waals surface area contributed by atoms with E-state index in [2.05, 4.69) is 5.32 Å². The summed E-state index contributed by atoms with van der Waals surface area (Å²) in [6, 6.07) is 12.3. The summed E-state index contributed by atoms with van der Waals surface area (Å²) in [5.74, 6) is -0.213. The Hall–Kier alpha value is -2.49. The number of amides is 1. The standard InChI is InChI=1S/C16H18N2O2/c1-10-8-12(9-11(2)15(10)19)14(16(17)20)18-13-6-4-3-5-7-13/h3-9,14,18-19H,1-2H3,(H2,17,20). The molecular formula is C16H18N2O2. The van der Waals surface area contributed by atoms with Crippen molar-refractivity contribution in [3.63, 3.8) is 0 Å². The molecule has 0 aromatic heterocycles. The number of benzene rings is 2. The van der Waals surface area contributed by atoms with Crippen LogP contribution in [0.1, 0.15) is 22.7 Å². The van der Waals surface area contributed by atoms with Crippen molar-refractivity contribution in [2.24, 2.45) is 5.73 Å². The monoisotopic (exact) mass is 270 g/mol. The Balaban J connectivity index is 2.37. The summed E-state index contributed by atoms with van der Waals surface area (Å²) in [5.41, 5.74) is 8.50. The number of aryl methyl sites for hydroxylation is 2. The second-order valence-corrected chi connectivity index (χ2v) is 4.85. The minimum atomic E-state index is -0.629. The number of rotatable bonds is 4. The number of nitrogens with two attached hydrogens (primary N) is 1. The van der Waals surface area contributed by atoms with Crippen molar-refractivity contribution in [3.05, 3.63) is 59.2 Å². The Morgan fingerprint density at radius 1 is 1.15 bits per heavy atom. The molecule has 2 rings (SSSR count). The summed E-state index contributed by atoms with van der Waals surface area (Å²) in [6.45, 7) is 3.60. The second-order valence-electron chi connectivity index (χ2n) is 4.85.